The zero-order chi connectivity index (χ0) is 14.9. The van der Waals surface area contributed by atoms with Crippen molar-refractivity contribution in [3.05, 3.63) is 61.5 Å². The first-order chi connectivity index (χ1) is 9.38. The highest BCUT2D eigenvalue weighted by molar-refractivity contribution is 9.10. The van der Waals surface area contributed by atoms with Crippen LogP contribution in [0.2, 0.25) is 10.0 Å². The second-order valence-corrected chi connectivity index (χ2v) is 6.80. The van der Waals surface area contributed by atoms with E-state index in [2.05, 4.69) is 29.8 Å². The minimum atomic E-state index is 0.269. The normalized spacial score (nSPS) is 11.1. The Bertz CT molecular complexity index is 615. The van der Waals surface area contributed by atoms with Gasteiger partial charge in [0, 0.05) is 20.9 Å². The van der Waals surface area contributed by atoms with Crippen LogP contribution >= 0.6 is 39.1 Å². The number of halogens is 3. The van der Waals surface area contributed by atoms with Gasteiger partial charge in [-0.25, -0.2) is 0 Å². The molecular weight excluding hydrogens is 359 g/mol. The molecule has 0 aliphatic heterocycles. The molecule has 1 nitrogen and oxygen atoms in total. The van der Waals surface area contributed by atoms with Crippen molar-refractivity contribution in [1.82, 2.24) is 0 Å². The van der Waals surface area contributed by atoms with E-state index >= 15 is 0 Å². The predicted octanol–water partition coefficient (Wildman–Crippen LogP) is 6.18. The maximum absolute atomic E-state index is 9.86. The van der Waals surface area contributed by atoms with Gasteiger partial charge in [0.15, 0.2) is 0 Å². The monoisotopic (exact) mass is 372 g/mol. The summed E-state index contributed by atoms with van der Waals surface area (Å²) in [6, 6.07) is 9.31. The molecule has 2 aromatic carbocycles. The van der Waals surface area contributed by atoms with Crippen LogP contribution in [-0.4, -0.2) is 5.11 Å². The van der Waals surface area contributed by atoms with Gasteiger partial charge in [-0.05, 0) is 40.8 Å². The Balaban J connectivity index is 2.38. The van der Waals surface area contributed by atoms with Crippen molar-refractivity contribution < 1.29 is 5.11 Å². The fraction of sp³-hybridized carbons (Fsp3) is 0.250. The van der Waals surface area contributed by atoms with Crippen LogP contribution in [0.3, 0.4) is 0 Å². The molecule has 0 atom stereocenters. The molecule has 20 heavy (non-hydrogen) atoms. The van der Waals surface area contributed by atoms with Gasteiger partial charge in [-0.3, -0.25) is 0 Å². The van der Waals surface area contributed by atoms with Gasteiger partial charge in [0.25, 0.3) is 0 Å². The van der Waals surface area contributed by atoms with E-state index in [4.69, 9.17) is 23.2 Å². The number of rotatable bonds is 3. The molecule has 0 radical (unpaired) electrons. The third kappa shape index (κ3) is 3.49. The molecule has 2 aromatic rings. The summed E-state index contributed by atoms with van der Waals surface area (Å²) in [6.07, 6.45) is 0.644. The van der Waals surface area contributed by atoms with Crippen molar-refractivity contribution in [3.63, 3.8) is 0 Å². The summed E-state index contributed by atoms with van der Waals surface area (Å²) >= 11 is 15.9. The van der Waals surface area contributed by atoms with Crippen molar-refractivity contribution in [3.8, 4) is 5.75 Å². The number of hydrogen-bond acceptors (Lipinski definition) is 1. The molecule has 0 saturated heterocycles. The Labute approximate surface area is 137 Å². The van der Waals surface area contributed by atoms with E-state index in [0.29, 0.717) is 22.2 Å². The lowest BCUT2D eigenvalue weighted by atomic mass is 9.96. The van der Waals surface area contributed by atoms with Gasteiger partial charge in [0.05, 0.1) is 0 Å². The summed E-state index contributed by atoms with van der Waals surface area (Å²) in [5, 5.41) is 11.1. The molecule has 0 aliphatic carbocycles. The van der Waals surface area contributed by atoms with E-state index in [1.165, 1.54) is 0 Å². The molecule has 0 aromatic heterocycles. The second-order valence-electron chi connectivity index (χ2n) is 5.07. The average Bonchev–Trinajstić information content (AvgIpc) is 2.35. The van der Waals surface area contributed by atoms with Crippen molar-refractivity contribution in [2.45, 2.75) is 26.2 Å². The molecule has 0 unspecified atom stereocenters. The Hall–Kier alpha value is -0.700. The van der Waals surface area contributed by atoms with Crippen molar-refractivity contribution in [1.29, 1.82) is 0 Å². The van der Waals surface area contributed by atoms with Gasteiger partial charge in [-0.2, -0.15) is 0 Å². The zero-order valence-corrected chi connectivity index (χ0v) is 14.4. The van der Waals surface area contributed by atoms with Gasteiger partial charge in [-0.1, -0.05) is 65.1 Å². The second kappa shape index (κ2) is 6.38. The minimum absolute atomic E-state index is 0.269. The van der Waals surface area contributed by atoms with E-state index in [1.807, 2.05) is 24.3 Å². The standard InChI is InChI=1S/C16H15BrCl2O/c1-9(2)12-5-10(3-4-16(12)20)6-13-14(18)7-11(17)8-15(13)19/h3-5,7-9,20H,6H2,1-2H3. The first kappa shape index (κ1) is 15.7. The van der Waals surface area contributed by atoms with Gasteiger partial charge in [0.1, 0.15) is 5.75 Å². The summed E-state index contributed by atoms with van der Waals surface area (Å²) in [4.78, 5) is 0. The van der Waals surface area contributed by atoms with Crippen LogP contribution in [0.4, 0.5) is 0 Å². The smallest absolute Gasteiger partial charge is 0.119 e. The molecule has 106 valence electrons. The van der Waals surface area contributed by atoms with Crippen LogP contribution in [0.1, 0.15) is 36.5 Å². The number of phenols is 1. The fourth-order valence-corrected chi connectivity index (χ4v) is 3.46. The SMILES string of the molecule is CC(C)c1cc(Cc2c(Cl)cc(Br)cc2Cl)ccc1O. The lowest BCUT2D eigenvalue weighted by Crippen LogP contribution is -1.95. The van der Waals surface area contributed by atoms with Crippen LogP contribution < -0.4 is 0 Å². The highest BCUT2D eigenvalue weighted by atomic mass is 79.9. The van der Waals surface area contributed by atoms with Crippen LogP contribution in [0.5, 0.6) is 5.75 Å². The number of benzene rings is 2. The van der Waals surface area contributed by atoms with Gasteiger partial charge < -0.3 is 5.11 Å². The summed E-state index contributed by atoms with van der Waals surface area (Å²) in [5.74, 6) is 0.600. The Kier molecular flexibility index (Phi) is 5.00. The molecule has 4 heteroatoms. The molecule has 0 aliphatic rings. The quantitative estimate of drug-likeness (QED) is 0.681. The molecule has 0 bridgehead atoms. The predicted molar refractivity (Wildman–Crippen MR) is 89.2 cm³/mol. The molecule has 0 amide bonds. The molecular formula is C16H15BrCl2O. The Morgan fingerprint density at radius 3 is 2.25 bits per heavy atom. The Morgan fingerprint density at radius 2 is 1.70 bits per heavy atom. The lowest BCUT2D eigenvalue weighted by molar-refractivity contribution is 0.464. The molecule has 0 saturated carbocycles. The minimum Gasteiger partial charge on any atom is -0.508 e. The third-order valence-electron chi connectivity index (χ3n) is 3.20. The van der Waals surface area contributed by atoms with Crippen molar-refractivity contribution in [2.75, 3.05) is 0 Å². The summed E-state index contributed by atoms with van der Waals surface area (Å²) in [5.41, 5.74) is 2.92. The van der Waals surface area contributed by atoms with E-state index in [0.717, 1.165) is 21.2 Å². The van der Waals surface area contributed by atoms with E-state index in [1.54, 1.807) is 6.07 Å². The fourth-order valence-electron chi connectivity index (χ4n) is 2.12. The first-order valence-electron chi connectivity index (χ1n) is 6.33. The van der Waals surface area contributed by atoms with Crippen LogP contribution in [0, 0.1) is 0 Å². The maximum Gasteiger partial charge on any atom is 0.119 e. The number of aromatic hydroxyl groups is 1. The van der Waals surface area contributed by atoms with E-state index < -0.39 is 0 Å². The molecule has 0 heterocycles. The highest BCUT2D eigenvalue weighted by Crippen LogP contribution is 2.33. The molecule has 2 rings (SSSR count). The average molecular weight is 374 g/mol. The van der Waals surface area contributed by atoms with E-state index in [-0.39, 0.29) is 5.92 Å². The summed E-state index contributed by atoms with van der Waals surface area (Å²) in [6.45, 7) is 4.11. The van der Waals surface area contributed by atoms with Crippen molar-refractivity contribution in [2.24, 2.45) is 0 Å². The van der Waals surface area contributed by atoms with Crippen LogP contribution in [-0.2, 0) is 6.42 Å². The van der Waals surface area contributed by atoms with Crippen LogP contribution in [0.25, 0.3) is 0 Å². The van der Waals surface area contributed by atoms with Crippen LogP contribution in [0.15, 0.2) is 34.8 Å². The number of phenolic OH excluding ortho intramolecular Hbond substituents is 1. The first-order valence-corrected chi connectivity index (χ1v) is 7.88. The zero-order valence-electron chi connectivity index (χ0n) is 11.3. The van der Waals surface area contributed by atoms with Gasteiger partial charge in [0.2, 0.25) is 0 Å². The number of hydrogen-bond donors (Lipinski definition) is 1. The maximum atomic E-state index is 9.86. The molecule has 1 N–H and O–H groups in total. The van der Waals surface area contributed by atoms with Crippen molar-refractivity contribution >= 4 is 39.1 Å². The summed E-state index contributed by atoms with van der Waals surface area (Å²) < 4.78 is 0.866. The summed E-state index contributed by atoms with van der Waals surface area (Å²) in [7, 11) is 0. The third-order valence-corrected chi connectivity index (χ3v) is 4.33. The van der Waals surface area contributed by atoms with Gasteiger partial charge in [-0.15, -0.1) is 0 Å². The topological polar surface area (TPSA) is 20.2 Å². The largest absolute Gasteiger partial charge is 0.508 e. The lowest BCUT2D eigenvalue weighted by Gasteiger charge is -2.12. The Morgan fingerprint density at radius 1 is 1.10 bits per heavy atom. The molecule has 0 fully saturated rings. The van der Waals surface area contributed by atoms with Gasteiger partial charge >= 0.3 is 0 Å². The van der Waals surface area contributed by atoms with E-state index in [9.17, 15) is 5.11 Å². The molecule has 0 spiro atoms. The highest BCUT2D eigenvalue weighted by Gasteiger charge is 2.11.